The van der Waals surface area contributed by atoms with Gasteiger partial charge in [0.2, 0.25) is 17.7 Å². The average molecular weight is 424 g/mol. The number of nitrogens with zero attached hydrogens (tertiary/aromatic N) is 1. The van der Waals surface area contributed by atoms with Gasteiger partial charge in [-0.15, -0.1) is 0 Å². The predicted octanol–water partition coefficient (Wildman–Crippen LogP) is 0.966. The first kappa shape index (κ1) is 23.0. The Hall–Kier alpha value is -1.67. The van der Waals surface area contributed by atoms with Crippen LogP contribution in [-0.2, 0) is 19.1 Å². The molecule has 5 atom stereocenters. The molecule has 3 heterocycles. The summed E-state index contributed by atoms with van der Waals surface area (Å²) in [6.45, 7) is 5.68. The SMILES string of the molecule is CCCCCNC(=O)C1N(CCCCO)C(=O)[C@@H]2[C@H](C(=O)NCCC)[C@@H]3CCC12O3. The molecule has 3 fully saturated rings. The van der Waals surface area contributed by atoms with E-state index in [0.717, 1.165) is 25.7 Å². The van der Waals surface area contributed by atoms with Crippen molar-refractivity contribution in [2.24, 2.45) is 11.8 Å². The van der Waals surface area contributed by atoms with Gasteiger partial charge in [0.1, 0.15) is 11.6 Å². The van der Waals surface area contributed by atoms with Crippen LogP contribution in [0.25, 0.3) is 0 Å². The second-order valence-corrected chi connectivity index (χ2v) is 8.81. The maximum Gasteiger partial charge on any atom is 0.245 e. The number of ether oxygens (including phenoxy) is 1. The third-order valence-corrected chi connectivity index (χ3v) is 6.79. The van der Waals surface area contributed by atoms with Gasteiger partial charge in [0, 0.05) is 26.2 Å². The standard InChI is InChI=1S/C22H37N3O5/c1-3-5-6-12-24-20(28)18-22-10-9-15(30-22)16(19(27)23-11-4-2)17(22)21(29)25(18)13-7-8-14-26/h15-18,26H,3-14H2,1-2H3,(H,23,27)(H,24,28)/t15-,16+,17-,18?,22?/m0/s1. The Kier molecular flexibility index (Phi) is 7.74. The topological polar surface area (TPSA) is 108 Å². The average Bonchev–Trinajstić information content (AvgIpc) is 3.37. The fraction of sp³-hybridized carbons (Fsp3) is 0.864. The highest BCUT2D eigenvalue weighted by Crippen LogP contribution is 2.58. The monoisotopic (exact) mass is 423 g/mol. The van der Waals surface area contributed by atoms with Gasteiger partial charge in [-0.3, -0.25) is 14.4 Å². The van der Waals surface area contributed by atoms with Crippen LogP contribution in [0.4, 0.5) is 0 Å². The third-order valence-electron chi connectivity index (χ3n) is 6.79. The molecule has 3 aliphatic rings. The summed E-state index contributed by atoms with van der Waals surface area (Å²) in [5, 5.41) is 15.1. The summed E-state index contributed by atoms with van der Waals surface area (Å²) in [7, 11) is 0. The zero-order valence-corrected chi connectivity index (χ0v) is 18.3. The van der Waals surface area contributed by atoms with Crippen molar-refractivity contribution in [3.63, 3.8) is 0 Å². The van der Waals surface area contributed by atoms with Gasteiger partial charge in [-0.2, -0.15) is 0 Å². The molecule has 30 heavy (non-hydrogen) atoms. The van der Waals surface area contributed by atoms with E-state index in [0.29, 0.717) is 45.3 Å². The smallest absolute Gasteiger partial charge is 0.245 e. The number of fused-ring (bicyclic) bond motifs is 1. The number of hydrogen-bond acceptors (Lipinski definition) is 5. The predicted molar refractivity (Wildman–Crippen MR) is 111 cm³/mol. The van der Waals surface area contributed by atoms with E-state index in [2.05, 4.69) is 17.6 Å². The Balaban J connectivity index is 1.83. The number of aliphatic hydroxyl groups excluding tert-OH is 1. The molecule has 3 aliphatic heterocycles. The largest absolute Gasteiger partial charge is 0.396 e. The van der Waals surface area contributed by atoms with Crippen LogP contribution in [-0.4, -0.2) is 71.7 Å². The van der Waals surface area contributed by atoms with Crippen LogP contribution >= 0.6 is 0 Å². The molecular formula is C22H37N3O5. The number of aliphatic hydroxyl groups is 1. The Morgan fingerprint density at radius 3 is 2.57 bits per heavy atom. The van der Waals surface area contributed by atoms with Crippen molar-refractivity contribution in [2.45, 2.75) is 83.0 Å². The van der Waals surface area contributed by atoms with Crippen molar-refractivity contribution in [2.75, 3.05) is 26.2 Å². The van der Waals surface area contributed by atoms with Crippen molar-refractivity contribution in [1.29, 1.82) is 0 Å². The highest BCUT2D eigenvalue weighted by atomic mass is 16.5. The minimum atomic E-state index is -0.913. The van der Waals surface area contributed by atoms with Crippen molar-refractivity contribution in [3.05, 3.63) is 0 Å². The number of likely N-dealkylation sites (tertiary alicyclic amines) is 1. The quantitative estimate of drug-likeness (QED) is 0.405. The maximum absolute atomic E-state index is 13.5. The zero-order chi connectivity index (χ0) is 21.7. The summed E-state index contributed by atoms with van der Waals surface area (Å²) in [6.07, 6.45) is 6.02. The van der Waals surface area contributed by atoms with Gasteiger partial charge in [0.25, 0.3) is 0 Å². The highest BCUT2D eigenvalue weighted by molar-refractivity contribution is 5.98. The van der Waals surface area contributed by atoms with E-state index >= 15 is 0 Å². The molecule has 3 rings (SSSR count). The number of hydrogen-bond donors (Lipinski definition) is 3. The van der Waals surface area contributed by atoms with Gasteiger partial charge in [-0.25, -0.2) is 0 Å². The van der Waals surface area contributed by atoms with E-state index in [9.17, 15) is 14.4 Å². The molecule has 3 N–H and O–H groups in total. The molecule has 2 unspecified atom stereocenters. The molecule has 0 aromatic rings. The molecule has 2 bridgehead atoms. The summed E-state index contributed by atoms with van der Waals surface area (Å²) in [5.74, 6) is -1.60. The van der Waals surface area contributed by atoms with Crippen LogP contribution in [0.2, 0.25) is 0 Å². The van der Waals surface area contributed by atoms with Crippen LogP contribution < -0.4 is 10.6 Å². The second kappa shape index (κ2) is 10.1. The highest BCUT2D eigenvalue weighted by Gasteiger charge is 2.74. The number of carbonyl (C=O) groups is 3. The Bertz CT molecular complexity index is 642. The van der Waals surface area contributed by atoms with Crippen LogP contribution in [0.5, 0.6) is 0 Å². The lowest BCUT2D eigenvalue weighted by Crippen LogP contribution is -2.55. The van der Waals surface area contributed by atoms with E-state index in [1.165, 1.54) is 0 Å². The van der Waals surface area contributed by atoms with Gasteiger partial charge in [0.15, 0.2) is 0 Å². The summed E-state index contributed by atoms with van der Waals surface area (Å²) in [6, 6.07) is -0.704. The molecule has 8 heteroatoms. The van der Waals surface area contributed by atoms with Crippen LogP contribution in [0.15, 0.2) is 0 Å². The fourth-order valence-electron chi connectivity index (χ4n) is 5.44. The van der Waals surface area contributed by atoms with Gasteiger partial charge in [0.05, 0.1) is 17.9 Å². The molecule has 8 nitrogen and oxygen atoms in total. The number of amides is 3. The lowest BCUT2D eigenvalue weighted by atomic mass is 9.70. The molecule has 1 spiro atoms. The summed E-state index contributed by atoms with van der Waals surface area (Å²) < 4.78 is 6.33. The molecule has 3 saturated heterocycles. The van der Waals surface area contributed by atoms with Crippen molar-refractivity contribution < 1.29 is 24.2 Å². The van der Waals surface area contributed by atoms with Gasteiger partial charge in [-0.05, 0) is 38.5 Å². The van der Waals surface area contributed by atoms with E-state index < -0.39 is 23.5 Å². The van der Waals surface area contributed by atoms with Crippen molar-refractivity contribution in [1.82, 2.24) is 15.5 Å². The normalized spacial score (nSPS) is 31.8. The number of carbonyl (C=O) groups excluding carboxylic acids is 3. The molecule has 170 valence electrons. The van der Waals surface area contributed by atoms with E-state index in [4.69, 9.17) is 9.84 Å². The maximum atomic E-state index is 13.5. The zero-order valence-electron chi connectivity index (χ0n) is 18.3. The van der Waals surface area contributed by atoms with Gasteiger partial charge < -0.3 is 25.4 Å². The minimum Gasteiger partial charge on any atom is -0.396 e. The summed E-state index contributed by atoms with van der Waals surface area (Å²) in [4.78, 5) is 41.2. The van der Waals surface area contributed by atoms with E-state index in [1.54, 1.807) is 4.90 Å². The molecule has 0 radical (unpaired) electrons. The molecule has 0 aromatic carbocycles. The summed E-state index contributed by atoms with van der Waals surface area (Å²) >= 11 is 0. The lowest BCUT2D eigenvalue weighted by molar-refractivity contribution is -0.142. The lowest BCUT2D eigenvalue weighted by Gasteiger charge is -2.33. The molecule has 0 aliphatic carbocycles. The first-order chi connectivity index (χ1) is 14.5. The van der Waals surface area contributed by atoms with Crippen LogP contribution in [0.1, 0.15) is 65.2 Å². The van der Waals surface area contributed by atoms with E-state index in [1.807, 2.05) is 6.92 Å². The fourth-order valence-corrected chi connectivity index (χ4v) is 5.44. The third kappa shape index (κ3) is 4.08. The van der Waals surface area contributed by atoms with E-state index in [-0.39, 0.29) is 30.4 Å². The number of nitrogens with one attached hydrogen (secondary N) is 2. The molecule has 0 aromatic heterocycles. The molecular weight excluding hydrogens is 386 g/mol. The summed E-state index contributed by atoms with van der Waals surface area (Å²) in [5.41, 5.74) is -0.913. The van der Waals surface area contributed by atoms with Gasteiger partial charge >= 0.3 is 0 Å². The van der Waals surface area contributed by atoms with Crippen LogP contribution in [0, 0.1) is 11.8 Å². The first-order valence-corrected chi connectivity index (χ1v) is 11.7. The minimum absolute atomic E-state index is 0.0467. The first-order valence-electron chi connectivity index (χ1n) is 11.7. The Labute approximate surface area is 179 Å². The molecule has 3 amide bonds. The van der Waals surface area contributed by atoms with Crippen molar-refractivity contribution >= 4 is 17.7 Å². The van der Waals surface area contributed by atoms with Crippen LogP contribution in [0.3, 0.4) is 0 Å². The van der Waals surface area contributed by atoms with Crippen molar-refractivity contribution in [3.8, 4) is 0 Å². The van der Waals surface area contributed by atoms with Gasteiger partial charge in [-0.1, -0.05) is 26.7 Å². The second-order valence-electron chi connectivity index (χ2n) is 8.81. The molecule has 0 saturated carbocycles. The Morgan fingerprint density at radius 1 is 1.10 bits per heavy atom. The Morgan fingerprint density at radius 2 is 1.87 bits per heavy atom. The number of unbranched alkanes of at least 4 members (excludes halogenated alkanes) is 3. The number of rotatable bonds is 12.